The van der Waals surface area contributed by atoms with E-state index in [1.807, 2.05) is 0 Å². The Balaban J connectivity index is 2.02. The first-order valence-electron chi connectivity index (χ1n) is 8.71. The minimum Gasteiger partial charge on any atom is -0.481 e. The lowest BCUT2D eigenvalue weighted by atomic mass is 10.0. The smallest absolute Gasteiger partial charge is 0.318 e. The number of nitrogens with zero attached hydrogens (tertiary/aromatic N) is 3. The van der Waals surface area contributed by atoms with Gasteiger partial charge in [-0.1, -0.05) is 23.9 Å². The van der Waals surface area contributed by atoms with Crippen molar-refractivity contribution in [2.75, 3.05) is 19.9 Å². The van der Waals surface area contributed by atoms with Crippen LogP contribution in [0.2, 0.25) is 0 Å². The second-order valence-corrected chi connectivity index (χ2v) is 8.92. The van der Waals surface area contributed by atoms with E-state index in [2.05, 4.69) is 19.9 Å². The Morgan fingerprint density at radius 3 is 2.48 bits per heavy atom. The van der Waals surface area contributed by atoms with Crippen molar-refractivity contribution in [3.8, 4) is 22.5 Å². The predicted molar refractivity (Wildman–Crippen MR) is 112 cm³/mol. The molecule has 162 valence electrons. The first-order chi connectivity index (χ1) is 14.7. The molecule has 0 spiro atoms. The highest BCUT2D eigenvalue weighted by Gasteiger charge is 2.20. The number of aromatic amines is 1. The summed E-state index contributed by atoms with van der Waals surface area (Å²) < 4.78 is 26.1. The summed E-state index contributed by atoms with van der Waals surface area (Å²) in [5.41, 5.74) is 1.95. The van der Waals surface area contributed by atoms with E-state index in [4.69, 9.17) is 9.94 Å². The third-order valence-corrected chi connectivity index (χ3v) is 6.39. The summed E-state index contributed by atoms with van der Waals surface area (Å²) in [5, 5.41) is 15.7. The van der Waals surface area contributed by atoms with E-state index in [0.717, 1.165) is 11.8 Å². The number of aromatic nitrogens is 3. The highest BCUT2D eigenvalue weighted by Crippen LogP contribution is 2.31. The van der Waals surface area contributed by atoms with Gasteiger partial charge in [0.1, 0.15) is 0 Å². The van der Waals surface area contributed by atoms with E-state index in [-0.39, 0.29) is 21.5 Å². The normalized spacial score (nSPS) is 11.3. The number of hydrogen-bond donors (Lipinski definition) is 3. The van der Waals surface area contributed by atoms with Gasteiger partial charge in [-0.2, -0.15) is 0 Å². The molecule has 0 radical (unpaired) electrons. The molecule has 0 aliphatic carbocycles. The molecule has 0 unspecified atom stereocenters. The standard InChI is InChI=1S/C18H17N5O6S2/c1-19-31(27,28)15-5-3-11(4-6-15)12-7-13(9-14(8-12)23(26)29-2)17-20-18(22-21-17)30-10-16(24)25/h3-9,19H,10H2,1-2H3,(H-,20,21,22,24,25)/p+1. The van der Waals surface area contributed by atoms with Crippen molar-refractivity contribution in [3.05, 3.63) is 47.4 Å². The summed E-state index contributed by atoms with van der Waals surface area (Å²) in [6, 6.07) is 11.0. The number of carboxylic acids is 1. The van der Waals surface area contributed by atoms with Gasteiger partial charge in [0, 0.05) is 17.7 Å². The number of aliphatic carboxylic acids is 1. The lowest BCUT2D eigenvalue weighted by Gasteiger charge is -2.06. The first-order valence-corrected chi connectivity index (χ1v) is 11.2. The molecule has 0 saturated carbocycles. The van der Waals surface area contributed by atoms with E-state index in [9.17, 15) is 18.1 Å². The average Bonchev–Trinajstić information content (AvgIpc) is 3.26. The summed E-state index contributed by atoms with van der Waals surface area (Å²) in [5.74, 6) is -0.857. The number of carboxylic acid groups (broad SMARTS) is 1. The van der Waals surface area contributed by atoms with Crippen LogP contribution in [-0.2, 0) is 19.7 Å². The van der Waals surface area contributed by atoms with Gasteiger partial charge in [0.05, 0.1) is 15.6 Å². The molecule has 1 heterocycles. The van der Waals surface area contributed by atoms with Gasteiger partial charge in [-0.15, -0.1) is 5.10 Å². The van der Waals surface area contributed by atoms with Crippen LogP contribution in [0.15, 0.2) is 52.5 Å². The van der Waals surface area contributed by atoms with Crippen LogP contribution in [0.4, 0.5) is 5.69 Å². The van der Waals surface area contributed by atoms with Crippen molar-refractivity contribution in [1.29, 1.82) is 0 Å². The monoisotopic (exact) mass is 464 g/mol. The molecule has 13 heteroatoms. The fraction of sp³-hybridized carbons (Fsp3) is 0.167. The van der Waals surface area contributed by atoms with Gasteiger partial charge < -0.3 is 5.11 Å². The Kier molecular flexibility index (Phi) is 6.68. The molecular formula is C18H18N5O6S2+. The van der Waals surface area contributed by atoms with Crippen LogP contribution in [0.1, 0.15) is 0 Å². The van der Waals surface area contributed by atoms with E-state index in [0.29, 0.717) is 27.4 Å². The van der Waals surface area contributed by atoms with Gasteiger partial charge in [-0.25, -0.2) is 23.0 Å². The van der Waals surface area contributed by atoms with E-state index >= 15 is 0 Å². The second kappa shape index (κ2) is 9.24. The number of nitrogens with one attached hydrogen (secondary N) is 2. The van der Waals surface area contributed by atoms with E-state index < -0.39 is 16.0 Å². The Morgan fingerprint density at radius 2 is 1.87 bits per heavy atom. The number of rotatable bonds is 9. The SMILES string of the molecule is CNS(=O)(=O)c1ccc(-c2cc(-c3nc(SCC(=O)O)n[nH]3)cc([N+](=O)OC)c2)cc1. The van der Waals surface area contributed by atoms with Crippen molar-refractivity contribution in [2.24, 2.45) is 0 Å². The molecule has 2 aromatic carbocycles. The number of sulfonamides is 1. The molecule has 0 fully saturated rings. The predicted octanol–water partition coefficient (Wildman–Crippen LogP) is 2.20. The summed E-state index contributed by atoms with van der Waals surface area (Å²) in [6.07, 6.45) is 0. The van der Waals surface area contributed by atoms with Crippen LogP contribution in [0, 0.1) is 4.91 Å². The van der Waals surface area contributed by atoms with Gasteiger partial charge in [-0.05, 0) is 36.4 Å². The van der Waals surface area contributed by atoms with Crippen LogP contribution in [0.3, 0.4) is 0 Å². The maximum Gasteiger partial charge on any atom is 0.318 e. The van der Waals surface area contributed by atoms with Crippen LogP contribution in [0.25, 0.3) is 22.5 Å². The van der Waals surface area contributed by atoms with Crippen LogP contribution in [-0.4, -0.2) is 59.5 Å². The molecule has 0 aliphatic rings. The quantitative estimate of drug-likeness (QED) is 0.319. The maximum atomic E-state index is 12.1. The lowest BCUT2D eigenvalue weighted by molar-refractivity contribution is -0.736. The van der Waals surface area contributed by atoms with Gasteiger partial charge in [0.15, 0.2) is 12.9 Å². The number of H-pyrrole nitrogens is 1. The molecule has 0 bridgehead atoms. The molecule has 3 rings (SSSR count). The number of hydrogen-bond acceptors (Lipinski definition) is 8. The van der Waals surface area contributed by atoms with Crippen molar-refractivity contribution < 1.29 is 28.1 Å². The van der Waals surface area contributed by atoms with Crippen molar-refractivity contribution in [1.82, 2.24) is 19.9 Å². The summed E-state index contributed by atoms with van der Waals surface area (Å²) >= 11 is 0.953. The van der Waals surface area contributed by atoms with Crippen molar-refractivity contribution >= 4 is 33.4 Å². The zero-order valence-electron chi connectivity index (χ0n) is 16.4. The van der Waals surface area contributed by atoms with Crippen molar-refractivity contribution in [2.45, 2.75) is 10.1 Å². The molecule has 0 amide bonds. The molecule has 11 nitrogen and oxygen atoms in total. The molecule has 3 N–H and O–H groups in total. The molecule has 0 atom stereocenters. The second-order valence-electron chi connectivity index (χ2n) is 6.09. The van der Waals surface area contributed by atoms with Gasteiger partial charge in [-0.3, -0.25) is 9.89 Å². The topological polar surface area (TPSA) is 154 Å². The summed E-state index contributed by atoms with van der Waals surface area (Å²) in [7, 11) is -1.02. The Bertz CT molecular complexity index is 1220. The highest BCUT2D eigenvalue weighted by molar-refractivity contribution is 7.99. The fourth-order valence-corrected chi connectivity index (χ4v) is 3.88. The van der Waals surface area contributed by atoms with E-state index in [1.54, 1.807) is 24.3 Å². The molecule has 1 aromatic heterocycles. The number of benzene rings is 2. The van der Waals surface area contributed by atoms with Gasteiger partial charge >= 0.3 is 11.7 Å². The molecule has 3 aromatic rings. The average molecular weight is 465 g/mol. The van der Waals surface area contributed by atoms with Crippen molar-refractivity contribution in [3.63, 3.8) is 0 Å². The summed E-state index contributed by atoms with van der Waals surface area (Å²) in [6.45, 7) is 0. The van der Waals surface area contributed by atoms with E-state index in [1.165, 1.54) is 32.4 Å². The molecule has 0 aliphatic heterocycles. The third kappa shape index (κ3) is 5.25. The molecule has 31 heavy (non-hydrogen) atoms. The highest BCUT2D eigenvalue weighted by atomic mass is 32.2. The van der Waals surface area contributed by atoms with Gasteiger partial charge in [0.2, 0.25) is 15.2 Å². The Morgan fingerprint density at radius 1 is 1.19 bits per heavy atom. The van der Waals surface area contributed by atoms with Crippen LogP contribution in [0.5, 0.6) is 0 Å². The van der Waals surface area contributed by atoms with Crippen LogP contribution < -0.4 is 4.72 Å². The molecular weight excluding hydrogens is 446 g/mol. The number of thioether (sulfide) groups is 1. The largest absolute Gasteiger partial charge is 0.481 e. The Hall–Kier alpha value is -3.29. The fourth-order valence-electron chi connectivity index (χ4n) is 2.64. The zero-order chi connectivity index (χ0) is 22.6. The van der Waals surface area contributed by atoms with Gasteiger partial charge in [0.25, 0.3) is 4.92 Å². The maximum absolute atomic E-state index is 12.1. The molecule has 0 saturated heterocycles. The minimum atomic E-state index is -3.58. The van der Waals surface area contributed by atoms with Crippen LogP contribution >= 0.6 is 11.8 Å². The first kappa shape index (κ1) is 22.4. The lowest BCUT2D eigenvalue weighted by Crippen LogP contribution is -2.18. The minimum absolute atomic E-state index is 0.104. The third-order valence-electron chi connectivity index (χ3n) is 4.12. The Labute approximate surface area is 181 Å². The zero-order valence-corrected chi connectivity index (χ0v) is 18.0. The number of carbonyl (C=O) groups is 1. The summed E-state index contributed by atoms with van der Waals surface area (Å²) in [4.78, 5) is 32.2.